The SMILES string of the molecule is Cc1cc(C(=O)O)c(NC(=O)C2=NN(C)C(=O)CC2)s1. The van der Waals surface area contributed by atoms with E-state index in [9.17, 15) is 14.4 Å². The van der Waals surface area contributed by atoms with E-state index in [-0.39, 0.29) is 35.0 Å². The lowest BCUT2D eigenvalue weighted by Gasteiger charge is -2.18. The monoisotopic (exact) mass is 295 g/mol. The minimum atomic E-state index is -1.09. The van der Waals surface area contributed by atoms with E-state index in [0.717, 1.165) is 9.89 Å². The summed E-state index contributed by atoms with van der Waals surface area (Å²) in [5, 5.41) is 16.9. The van der Waals surface area contributed by atoms with E-state index >= 15 is 0 Å². The third-order valence-corrected chi connectivity index (χ3v) is 3.75. The Morgan fingerprint density at radius 2 is 2.15 bits per heavy atom. The van der Waals surface area contributed by atoms with Gasteiger partial charge in [-0.3, -0.25) is 9.59 Å². The molecule has 0 saturated carbocycles. The molecule has 0 unspecified atom stereocenters. The van der Waals surface area contributed by atoms with Crippen LogP contribution in [-0.4, -0.2) is 40.7 Å². The fourth-order valence-electron chi connectivity index (χ4n) is 1.77. The molecule has 1 aromatic heterocycles. The van der Waals surface area contributed by atoms with Crippen molar-refractivity contribution in [1.82, 2.24) is 5.01 Å². The molecule has 8 heteroatoms. The molecular formula is C12H13N3O4S. The third kappa shape index (κ3) is 2.85. The molecule has 1 aliphatic heterocycles. The van der Waals surface area contributed by atoms with Crippen LogP contribution in [0, 0.1) is 6.92 Å². The summed E-state index contributed by atoms with van der Waals surface area (Å²) in [5.41, 5.74) is 0.274. The van der Waals surface area contributed by atoms with E-state index in [2.05, 4.69) is 10.4 Å². The molecule has 1 aliphatic rings. The maximum Gasteiger partial charge on any atom is 0.338 e. The van der Waals surface area contributed by atoms with Gasteiger partial charge in [-0.15, -0.1) is 11.3 Å². The number of carboxylic acids is 1. The lowest BCUT2D eigenvalue weighted by molar-refractivity contribution is -0.130. The number of rotatable bonds is 3. The Labute approximate surface area is 118 Å². The standard InChI is InChI=1S/C12H13N3O4S/c1-6-5-7(12(18)19)11(20-6)13-10(17)8-3-4-9(16)15(2)14-8/h5H,3-4H2,1-2H3,(H,13,17)(H,18,19). The molecule has 0 aromatic carbocycles. The van der Waals surface area contributed by atoms with Crippen molar-refractivity contribution in [2.24, 2.45) is 5.10 Å². The van der Waals surface area contributed by atoms with Crippen LogP contribution >= 0.6 is 11.3 Å². The molecule has 2 rings (SSSR count). The smallest absolute Gasteiger partial charge is 0.338 e. The van der Waals surface area contributed by atoms with Crippen molar-refractivity contribution in [2.75, 3.05) is 12.4 Å². The van der Waals surface area contributed by atoms with Gasteiger partial charge in [0.2, 0.25) is 5.91 Å². The van der Waals surface area contributed by atoms with E-state index in [4.69, 9.17) is 5.11 Å². The molecule has 0 fully saturated rings. The molecule has 0 bridgehead atoms. The number of carboxylic acid groups (broad SMARTS) is 1. The fraction of sp³-hybridized carbons (Fsp3) is 0.333. The first-order chi connectivity index (χ1) is 9.38. The normalized spacial score (nSPS) is 15.0. The highest BCUT2D eigenvalue weighted by Crippen LogP contribution is 2.27. The molecule has 0 radical (unpaired) electrons. The average molecular weight is 295 g/mol. The van der Waals surface area contributed by atoms with Crippen molar-refractivity contribution in [1.29, 1.82) is 0 Å². The van der Waals surface area contributed by atoms with Gasteiger partial charge in [0.1, 0.15) is 10.7 Å². The van der Waals surface area contributed by atoms with Gasteiger partial charge in [-0.2, -0.15) is 5.10 Å². The van der Waals surface area contributed by atoms with Gasteiger partial charge < -0.3 is 10.4 Å². The Kier molecular flexibility index (Phi) is 3.84. The Bertz CT molecular complexity index is 620. The zero-order chi connectivity index (χ0) is 14.9. The van der Waals surface area contributed by atoms with Crippen LogP contribution in [0.1, 0.15) is 28.1 Å². The number of nitrogens with zero attached hydrogens (tertiary/aromatic N) is 2. The summed E-state index contributed by atoms with van der Waals surface area (Å²) < 4.78 is 0. The Morgan fingerprint density at radius 3 is 2.75 bits per heavy atom. The van der Waals surface area contributed by atoms with Gasteiger partial charge in [0, 0.05) is 24.8 Å². The van der Waals surface area contributed by atoms with Crippen molar-refractivity contribution >= 4 is 39.8 Å². The Balaban J connectivity index is 2.18. The highest BCUT2D eigenvalue weighted by Gasteiger charge is 2.24. The van der Waals surface area contributed by atoms with Gasteiger partial charge in [-0.1, -0.05) is 0 Å². The second-order valence-electron chi connectivity index (χ2n) is 4.32. The molecule has 2 amide bonds. The second kappa shape index (κ2) is 5.41. The van der Waals surface area contributed by atoms with Crippen LogP contribution in [0.15, 0.2) is 11.2 Å². The van der Waals surface area contributed by atoms with Gasteiger partial charge >= 0.3 is 5.97 Å². The first kappa shape index (κ1) is 14.2. The third-order valence-electron chi connectivity index (χ3n) is 2.78. The summed E-state index contributed by atoms with van der Waals surface area (Å²) >= 11 is 1.19. The topological polar surface area (TPSA) is 99.1 Å². The first-order valence-corrected chi connectivity index (χ1v) is 6.69. The molecule has 2 N–H and O–H groups in total. The summed E-state index contributed by atoms with van der Waals surface area (Å²) in [5.74, 6) is -1.73. The number of carbonyl (C=O) groups is 3. The summed E-state index contributed by atoms with van der Waals surface area (Å²) in [6.45, 7) is 1.76. The molecule has 0 atom stereocenters. The largest absolute Gasteiger partial charge is 0.478 e. The van der Waals surface area contributed by atoms with E-state index in [0.29, 0.717) is 0 Å². The van der Waals surface area contributed by atoms with E-state index in [1.165, 1.54) is 24.5 Å². The van der Waals surface area contributed by atoms with Crippen molar-refractivity contribution < 1.29 is 19.5 Å². The Hall–Kier alpha value is -2.22. The van der Waals surface area contributed by atoms with E-state index < -0.39 is 11.9 Å². The zero-order valence-electron chi connectivity index (χ0n) is 11.0. The van der Waals surface area contributed by atoms with E-state index in [1.807, 2.05) is 0 Å². The molecule has 0 spiro atoms. The van der Waals surface area contributed by atoms with Crippen molar-refractivity contribution in [3.63, 3.8) is 0 Å². The van der Waals surface area contributed by atoms with Gasteiger partial charge in [0.15, 0.2) is 0 Å². The number of thiophene rings is 1. The van der Waals surface area contributed by atoms with E-state index in [1.54, 1.807) is 6.92 Å². The molecule has 106 valence electrons. The van der Waals surface area contributed by atoms with Crippen LogP contribution in [0.25, 0.3) is 0 Å². The number of anilines is 1. The van der Waals surface area contributed by atoms with Crippen molar-refractivity contribution in [3.05, 3.63) is 16.5 Å². The van der Waals surface area contributed by atoms with Crippen LogP contribution < -0.4 is 5.32 Å². The molecule has 20 heavy (non-hydrogen) atoms. The number of hydrogen-bond acceptors (Lipinski definition) is 5. The number of carbonyl (C=O) groups excluding carboxylic acids is 2. The average Bonchev–Trinajstić information content (AvgIpc) is 2.73. The van der Waals surface area contributed by atoms with Crippen LogP contribution in [0.5, 0.6) is 0 Å². The van der Waals surface area contributed by atoms with Gasteiger partial charge in [0.25, 0.3) is 5.91 Å². The molecule has 0 saturated heterocycles. The molecule has 7 nitrogen and oxygen atoms in total. The molecule has 2 heterocycles. The fourth-order valence-corrected chi connectivity index (χ4v) is 2.67. The number of hydrazone groups is 1. The summed E-state index contributed by atoms with van der Waals surface area (Å²) in [6, 6.07) is 1.50. The minimum Gasteiger partial charge on any atom is -0.478 e. The number of aryl methyl sites for hydroxylation is 1. The number of amides is 2. The number of hydrogen-bond donors (Lipinski definition) is 2. The van der Waals surface area contributed by atoms with Crippen molar-refractivity contribution in [2.45, 2.75) is 19.8 Å². The van der Waals surface area contributed by atoms with Crippen LogP contribution in [0.3, 0.4) is 0 Å². The van der Waals surface area contributed by atoms with Crippen molar-refractivity contribution in [3.8, 4) is 0 Å². The Morgan fingerprint density at radius 1 is 1.45 bits per heavy atom. The number of nitrogens with one attached hydrogen (secondary N) is 1. The second-order valence-corrected chi connectivity index (χ2v) is 5.58. The van der Waals surface area contributed by atoms with Gasteiger partial charge in [0.05, 0.1) is 5.56 Å². The predicted molar refractivity (Wildman–Crippen MR) is 74.1 cm³/mol. The van der Waals surface area contributed by atoms with Gasteiger partial charge in [-0.05, 0) is 13.0 Å². The highest BCUT2D eigenvalue weighted by atomic mass is 32.1. The first-order valence-electron chi connectivity index (χ1n) is 5.87. The maximum absolute atomic E-state index is 12.0. The minimum absolute atomic E-state index is 0.0571. The summed E-state index contributed by atoms with van der Waals surface area (Å²) in [6.07, 6.45) is 0.472. The lowest BCUT2D eigenvalue weighted by atomic mass is 10.1. The summed E-state index contributed by atoms with van der Waals surface area (Å²) in [7, 11) is 1.48. The highest BCUT2D eigenvalue weighted by molar-refractivity contribution is 7.16. The summed E-state index contributed by atoms with van der Waals surface area (Å²) in [4.78, 5) is 35.2. The molecule has 0 aliphatic carbocycles. The molecule has 1 aromatic rings. The zero-order valence-corrected chi connectivity index (χ0v) is 11.8. The van der Waals surface area contributed by atoms with Crippen LogP contribution in [0.4, 0.5) is 5.00 Å². The quantitative estimate of drug-likeness (QED) is 0.878. The van der Waals surface area contributed by atoms with Gasteiger partial charge in [-0.25, -0.2) is 9.80 Å². The molecular weight excluding hydrogens is 282 g/mol. The predicted octanol–water partition coefficient (Wildman–Crippen LogP) is 1.30. The van der Waals surface area contributed by atoms with Crippen LogP contribution in [-0.2, 0) is 9.59 Å². The number of aromatic carboxylic acids is 1. The lowest BCUT2D eigenvalue weighted by Crippen LogP contribution is -2.34. The maximum atomic E-state index is 12.0. The van der Waals surface area contributed by atoms with Crippen LogP contribution in [0.2, 0.25) is 0 Å².